The zero-order valence-electron chi connectivity index (χ0n) is 12.2. The van der Waals surface area contributed by atoms with E-state index in [4.69, 9.17) is 5.11 Å². The minimum Gasteiger partial charge on any atom is -0.481 e. The number of rotatable bonds is 3. The first kappa shape index (κ1) is 13.6. The Labute approximate surface area is 119 Å². The Kier molecular flexibility index (Phi) is 3.54. The van der Waals surface area contributed by atoms with Gasteiger partial charge in [0.25, 0.3) is 0 Å². The van der Waals surface area contributed by atoms with Crippen LogP contribution in [0.1, 0.15) is 44.1 Å². The Hall–Kier alpha value is -1.36. The van der Waals surface area contributed by atoms with Crippen LogP contribution in [-0.4, -0.2) is 44.7 Å². The molecule has 5 nitrogen and oxygen atoms in total. The van der Waals surface area contributed by atoms with E-state index in [1.165, 1.54) is 5.82 Å². The van der Waals surface area contributed by atoms with Crippen molar-refractivity contribution in [2.75, 3.05) is 13.1 Å². The van der Waals surface area contributed by atoms with Crippen molar-refractivity contribution in [2.24, 2.45) is 5.92 Å². The van der Waals surface area contributed by atoms with Crippen molar-refractivity contribution >= 4 is 5.97 Å². The van der Waals surface area contributed by atoms with Gasteiger partial charge in [0.15, 0.2) is 0 Å². The molecule has 0 radical (unpaired) electrons. The summed E-state index contributed by atoms with van der Waals surface area (Å²) in [5.41, 5.74) is 1.10. The third-order valence-electron chi connectivity index (χ3n) is 4.79. The molecule has 1 aromatic heterocycles. The maximum absolute atomic E-state index is 11.1. The van der Waals surface area contributed by atoms with Crippen LogP contribution in [0.3, 0.4) is 0 Å². The number of aromatic nitrogens is 2. The van der Waals surface area contributed by atoms with Crippen molar-refractivity contribution in [2.45, 2.75) is 51.6 Å². The molecule has 0 spiro atoms. The molecule has 20 heavy (non-hydrogen) atoms. The first-order chi connectivity index (χ1) is 9.56. The van der Waals surface area contributed by atoms with Gasteiger partial charge in [-0.2, -0.15) is 0 Å². The van der Waals surface area contributed by atoms with Crippen molar-refractivity contribution in [1.82, 2.24) is 14.5 Å². The van der Waals surface area contributed by atoms with Gasteiger partial charge in [-0.25, -0.2) is 4.98 Å². The summed E-state index contributed by atoms with van der Waals surface area (Å²) >= 11 is 0. The second-order valence-electron chi connectivity index (χ2n) is 6.36. The average molecular weight is 277 g/mol. The molecule has 2 aliphatic rings. The number of hydrogen-bond acceptors (Lipinski definition) is 3. The second-order valence-corrected chi connectivity index (χ2v) is 6.36. The first-order valence-electron chi connectivity index (χ1n) is 7.57. The van der Waals surface area contributed by atoms with E-state index in [0.29, 0.717) is 18.4 Å². The molecule has 2 atom stereocenters. The summed E-state index contributed by atoms with van der Waals surface area (Å²) in [7, 11) is 0. The SMILES string of the molecule is CC(C)N1CCC(c2ncc3n2CCC(C(=O)O)C3)C1. The fourth-order valence-electron chi connectivity index (χ4n) is 3.49. The summed E-state index contributed by atoms with van der Waals surface area (Å²) in [6.07, 6.45) is 4.41. The van der Waals surface area contributed by atoms with Crippen molar-refractivity contribution in [3.63, 3.8) is 0 Å². The maximum atomic E-state index is 11.1. The molecule has 3 rings (SSSR count). The number of carboxylic acids is 1. The number of imidazole rings is 1. The molecule has 1 fully saturated rings. The summed E-state index contributed by atoms with van der Waals surface area (Å²) < 4.78 is 2.27. The number of carbonyl (C=O) groups is 1. The first-order valence-corrected chi connectivity index (χ1v) is 7.57. The molecule has 0 amide bonds. The number of hydrogen-bond donors (Lipinski definition) is 1. The predicted octanol–water partition coefficient (Wildman–Crippen LogP) is 1.73. The number of likely N-dealkylation sites (tertiary alicyclic amines) is 1. The van der Waals surface area contributed by atoms with Crippen LogP contribution in [0.15, 0.2) is 6.20 Å². The highest BCUT2D eigenvalue weighted by Gasteiger charge is 2.32. The molecule has 2 aliphatic heterocycles. The number of fused-ring (bicyclic) bond motifs is 1. The van der Waals surface area contributed by atoms with Gasteiger partial charge < -0.3 is 14.6 Å². The van der Waals surface area contributed by atoms with Crippen LogP contribution in [0, 0.1) is 5.92 Å². The Balaban J connectivity index is 1.76. The molecule has 5 heteroatoms. The number of carboxylic acid groups (broad SMARTS) is 1. The molecular weight excluding hydrogens is 254 g/mol. The highest BCUT2D eigenvalue weighted by molar-refractivity contribution is 5.70. The van der Waals surface area contributed by atoms with Crippen molar-refractivity contribution in [1.29, 1.82) is 0 Å². The predicted molar refractivity (Wildman–Crippen MR) is 75.7 cm³/mol. The summed E-state index contributed by atoms with van der Waals surface area (Å²) in [4.78, 5) is 18.2. The van der Waals surface area contributed by atoms with Gasteiger partial charge in [-0.3, -0.25) is 4.79 Å². The lowest BCUT2D eigenvalue weighted by Gasteiger charge is -2.24. The lowest BCUT2D eigenvalue weighted by Crippen LogP contribution is -2.29. The zero-order valence-corrected chi connectivity index (χ0v) is 12.2. The second kappa shape index (κ2) is 5.20. The van der Waals surface area contributed by atoms with Crippen LogP contribution in [0.2, 0.25) is 0 Å². The smallest absolute Gasteiger partial charge is 0.306 e. The van der Waals surface area contributed by atoms with Crippen molar-refractivity contribution < 1.29 is 9.90 Å². The monoisotopic (exact) mass is 277 g/mol. The van der Waals surface area contributed by atoms with Crippen molar-refractivity contribution in [3.05, 3.63) is 17.7 Å². The summed E-state index contributed by atoms with van der Waals surface area (Å²) in [6.45, 7) is 7.50. The molecule has 110 valence electrons. The topological polar surface area (TPSA) is 58.4 Å². The Morgan fingerprint density at radius 3 is 2.85 bits per heavy atom. The molecule has 1 aromatic rings. The fourth-order valence-corrected chi connectivity index (χ4v) is 3.49. The molecule has 1 N–H and O–H groups in total. The third-order valence-corrected chi connectivity index (χ3v) is 4.79. The Morgan fingerprint density at radius 1 is 1.40 bits per heavy atom. The van der Waals surface area contributed by atoms with Crippen LogP contribution >= 0.6 is 0 Å². The quantitative estimate of drug-likeness (QED) is 0.914. The molecule has 0 saturated carbocycles. The summed E-state index contributed by atoms with van der Waals surface area (Å²) in [5, 5.41) is 9.14. The maximum Gasteiger partial charge on any atom is 0.306 e. The van der Waals surface area contributed by atoms with Gasteiger partial charge in [0.2, 0.25) is 0 Å². The van der Waals surface area contributed by atoms with Gasteiger partial charge in [-0.1, -0.05) is 0 Å². The molecule has 0 bridgehead atoms. The summed E-state index contributed by atoms with van der Waals surface area (Å²) in [5.74, 6) is 0.771. The molecule has 0 aromatic carbocycles. The van der Waals surface area contributed by atoms with Gasteiger partial charge in [-0.05, 0) is 33.2 Å². The minimum atomic E-state index is -0.675. The van der Waals surface area contributed by atoms with E-state index in [2.05, 4.69) is 28.3 Å². The van der Waals surface area contributed by atoms with Gasteiger partial charge in [0, 0.05) is 43.4 Å². The van der Waals surface area contributed by atoms with Gasteiger partial charge in [0.05, 0.1) is 5.92 Å². The van der Waals surface area contributed by atoms with E-state index < -0.39 is 5.97 Å². The zero-order chi connectivity index (χ0) is 14.3. The van der Waals surface area contributed by atoms with Gasteiger partial charge in [0.1, 0.15) is 5.82 Å². The van der Waals surface area contributed by atoms with E-state index in [1.807, 2.05) is 6.20 Å². The fraction of sp³-hybridized carbons (Fsp3) is 0.733. The van der Waals surface area contributed by atoms with E-state index in [-0.39, 0.29) is 5.92 Å². The van der Waals surface area contributed by atoms with Crippen LogP contribution in [0.5, 0.6) is 0 Å². The van der Waals surface area contributed by atoms with Gasteiger partial charge in [-0.15, -0.1) is 0 Å². The number of nitrogens with zero attached hydrogens (tertiary/aromatic N) is 3. The van der Waals surface area contributed by atoms with Crippen LogP contribution in [0.25, 0.3) is 0 Å². The standard InChI is InChI=1S/C15H23N3O2/c1-10(2)17-5-3-12(9-17)14-16-8-13-7-11(15(19)20)4-6-18(13)14/h8,10-12H,3-7,9H2,1-2H3,(H,19,20). The molecule has 2 unspecified atom stereocenters. The number of aliphatic carboxylic acids is 1. The Morgan fingerprint density at radius 2 is 2.20 bits per heavy atom. The van der Waals surface area contributed by atoms with E-state index in [0.717, 1.165) is 38.2 Å². The van der Waals surface area contributed by atoms with Crippen LogP contribution in [0.4, 0.5) is 0 Å². The average Bonchev–Trinajstić information content (AvgIpc) is 3.03. The van der Waals surface area contributed by atoms with Crippen molar-refractivity contribution in [3.8, 4) is 0 Å². The molecular formula is C15H23N3O2. The normalized spacial score (nSPS) is 26.9. The van der Waals surface area contributed by atoms with E-state index in [1.54, 1.807) is 0 Å². The highest BCUT2D eigenvalue weighted by atomic mass is 16.4. The Bertz CT molecular complexity index is 509. The summed E-state index contributed by atoms with van der Waals surface area (Å²) in [6, 6.07) is 0.590. The lowest BCUT2D eigenvalue weighted by atomic mass is 9.96. The van der Waals surface area contributed by atoms with E-state index in [9.17, 15) is 4.79 Å². The van der Waals surface area contributed by atoms with Crippen LogP contribution < -0.4 is 0 Å². The molecule has 1 saturated heterocycles. The lowest BCUT2D eigenvalue weighted by molar-refractivity contribution is -0.142. The van der Waals surface area contributed by atoms with Crippen LogP contribution in [-0.2, 0) is 17.8 Å². The molecule has 0 aliphatic carbocycles. The van der Waals surface area contributed by atoms with Gasteiger partial charge >= 0.3 is 5.97 Å². The van der Waals surface area contributed by atoms with E-state index >= 15 is 0 Å². The molecule has 3 heterocycles. The highest BCUT2D eigenvalue weighted by Crippen LogP contribution is 2.31. The third kappa shape index (κ3) is 2.35. The largest absolute Gasteiger partial charge is 0.481 e. The minimum absolute atomic E-state index is 0.234.